The molecule has 0 unspecified atom stereocenters. The first-order valence-electron chi connectivity index (χ1n) is 10.4. The highest BCUT2D eigenvalue weighted by atomic mass is 35.5. The largest absolute Gasteiger partial charge is 0.347 e. The Morgan fingerprint density at radius 3 is 2.38 bits per heavy atom. The van der Waals surface area contributed by atoms with E-state index in [2.05, 4.69) is 15.4 Å². The van der Waals surface area contributed by atoms with E-state index in [-0.39, 0.29) is 11.2 Å². The van der Waals surface area contributed by atoms with Crippen LogP contribution in [0.3, 0.4) is 0 Å². The summed E-state index contributed by atoms with van der Waals surface area (Å²) in [4.78, 5) is 17.6. The molecule has 2 aromatic carbocycles. The number of nitrogens with two attached hydrogens (primary N) is 1. The van der Waals surface area contributed by atoms with Crippen molar-refractivity contribution in [3.05, 3.63) is 70.3 Å². The van der Waals surface area contributed by atoms with Crippen LogP contribution >= 0.6 is 23.2 Å². The topological polar surface area (TPSA) is 119 Å². The molecule has 0 bridgehead atoms. The number of nitrogens with one attached hydrogen (secondary N) is 1. The van der Waals surface area contributed by atoms with Gasteiger partial charge in [-0.3, -0.25) is 4.79 Å². The molecule has 5 rings (SSSR count). The predicted octanol–water partition coefficient (Wildman–Crippen LogP) is 4.30. The van der Waals surface area contributed by atoms with Crippen molar-refractivity contribution < 1.29 is 13.2 Å². The van der Waals surface area contributed by atoms with Crippen LogP contribution in [0.5, 0.6) is 0 Å². The molecule has 1 fully saturated rings. The summed E-state index contributed by atoms with van der Waals surface area (Å²) in [5.41, 5.74) is 1.87. The molecule has 1 aliphatic carbocycles. The average Bonchev–Trinajstić information content (AvgIpc) is 3.36. The van der Waals surface area contributed by atoms with Crippen molar-refractivity contribution in [2.24, 2.45) is 5.14 Å². The zero-order chi connectivity index (χ0) is 24.3. The van der Waals surface area contributed by atoms with Gasteiger partial charge in [0, 0.05) is 38.5 Å². The van der Waals surface area contributed by atoms with Crippen LogP contribution in [0, 0.1) is 0 Å². The lowest BCUT2D eigenvalue weighted by Gasteiger charge is -2.14. The molecule has 11 heteroatoms. The fourth-order valence-electron chi connectivity index (χ4n) is 3.77. The Morgan fingerprint density at radius 2 is 1.76 bits per heavy atom. The van der Waals surface area contributed by atoms with Gasteiger partial charge in [-0.15, -0.1) is 0 Å². The molecule has 8 nitrogen and oxygen atoms in total. The molecule has 1 amide bonds. The smallest absolute Gasteiger partial charge is 0.258 e. The molecule has 3 N–H and O–H groups in total. The molecule has 174 valence electrons. The van der Waals surface area contributed by atoms with E-state index in [0.717, 1.165) is 12.8 Å². The highest BCUT2D eigenvalue weighted by Gasteiger charge is 2.41. The van der Waals surface area contributed by atoms with Gasteiger partial charge in [-0.05, 0) is 38.0 Å². The van der Waals surface area contributed by atoms with E-state index in [1.165, 1.54) is 4.52 Å². The zero-order valence-corrected chi connectivity index (χ0v) is 20.2. The molecular weight excluding hydrogens is 497 g/mol. The molecule has 0 radical (unpaired) electrons. The Balaban J connectivity index is 1.85. The maximum absolute atomic E-state index is 13.2. The number of fused-ring (bicyclic) bond motifs is 1. The van der Waals surface area contributed by atoms with Crippen molar-refractivity contribution in [2.45, 2.75) is 30.3 Å². The summed E-state index contributed by atoms with van der Waals surface area (Å²) in [5, 5.41) is 13.1. The van der Waals surface area contributed by atoms with Crippen LogP contribution < -0.4 is 10.5 Å². The van der Waals surface area contributed by atoms with E-state index in [4.69, 9.17) is 28.3 Å². The quantitative estimate of drug-likeness (QED) is 0.410. The molecule has 0 saturated heterocycles. The number of halogens is 2. The second-order valence-electron chi connectivity index (χ2n) is 8.48. The van der Waals surface area contributed by atoms with Gasteiger partial charge in [0.1, 0.15) is 5.56 Å². The van der Waals surface area contributed by atoms with Gasteiger partial charge in [0.2, 0.25) is 5.03 Å². The summed E-state index contributed by atoms with van der Waals surface area (Å²) >= 11 is 12.6. The molecule has 1 aliphatic rings. The van der Waals surface area contributed by atoms with Gasteiger partial charge < -0.3 is 5.32 Å². The maximum Gasteiger partial charge on any atom is 0.258 e. The Bertz CT molecular complexity index is 1560. The molecule has 0 spiro atoms. The number of hydrogen-bond acceptors (Lipinski definition) is 5. The minimum absolute atomic E-state index is 0.0616. The molecule has 2 heterocycles. The van der Waals surface area contributed by atoms with Gasteiger partial charge in [0.05, 0.1) is 5.69 Å². The maximum atomic E-state index is 13.2. The van der Waals surface area contributed by atoms with E-state index in [0.29, 0.717) is 32.4 Å². The molecular formula is C23H19Cl2N5O3S. The molecule has 1 saturated carbocycles. The Kier molecular flexibility index (Phi) is 5.40. The fraction of sp³-hybridized carbons (Fsp3) is 0.174. The van der Waals surface area contributed by atoms with Gasteiger partial charge >= 0.3 is 0 Å². The summed E-state index contributed by atoms with van der Waals surface area (Å²) in [6.07, 6.45) is 3.14. The number of sulfonamides is 1. The van der Waals surface area contributed by atoms with Crippen LogP contribution in [0.4, 0.5) is 0 Å². The molecule has 4 aromatic rings. The molecule has 34 heavy (non-hydrogen) atoms. The third-order valence-corrected chi connectivity index (χ3v) is 7.21. The summed E-state index contributed by atoms with van der Waals surface area (Å²) in [6, 6.07) is 14.1. The lowest BCUT2D eigenvalue weighted by atomic mass is 10.0. The summed E-state index contributed by atoms with van der Waals surface area (Å²) in [5.74, 6) is -0.598. The fourth-order valence-corrected chi connectivity index (χ4v) is 4.80. The zero-order valence-electron chi connectivity index (χ0n) is 17.9. The van der Waals surface area contributed by atoms with Crippen molar-refractivity contribution >= 4 is 44.8 Å². The van der Waals surface area contributed by atoms with Gasteiger partial charge in [-0.2, -0.15) is 5.10 Å². The van der Waals surface area contributed by atoms with Crippen LogP contribution in [0.25, 0.3) is 28.0 Å². The van der Waals surface area contributed by atoms with Gasteiger partial charge in [-0.1, -0.05) is 53.5 Å². The summed E-state index contributed by atoms with van der Waals surface area (Å²) in [6.45, 7) is 1.88. The van der Waals surface area contributed by atoms with E-state index >= 15 is 0 Å². The lowest BCUT2D eigenvalue weighted by molar-refractivity contribution is 0.0933. The van der Waals surface area contributed by atoms with Gasteiger partial charge in [0.25, 0.3) is 15.9 Å². The predicted molar refractivity (Wildman–Crippen MR) is 130 cm³/mol. The summed E-state index contributed by atoms with van der Waals surface area (Å²) in [7, 11) is -4.35. The highest BCUT2D eigenvalue weighted by molar-refractivity contribution is 7.89. The van der Waals surface area contributed by atoms with Crippen molar-refractivity contribution in [1.29, 1.82) is 0 Å². The van der Waals surface area contributed by atoms with Crippen LogP contribution in [0.1, 0.15) is 30.1 Å². The second-order valence-corrected chi connectivity index (χ2v) is 10.8. The molecule has 0 atom stereocenters. The number of primary sulfonamides is 1. The molecule has 0 aliphatic heterocycles. The Morgan fingerprint density at radius 1 is 1.09 bits per heavy atom. The lowest BCUT2D eigenvalue weighted by Crippen LogP contribution is -2.35. The standard InChI is InChI=1S/C23H19Cl2N5O3S/c1-23(10-11-23)28-21(31)18-20-27-12-16(15-4-2-3-5-17(15)25)19(13-6-8-14(24)9-7-13)30(20)29-22(18)34(26,32)33/h2-9,12H,10-11H2,1H3,(H,28,31)(H2,26,32,33). The van der Waals surface area contributed by atoms with E-state index in [1.54, 1.807) is 42.6 Å². The third-order valence-electron chi connectivity index (χ3n) is 5.81. The average molecular weight is 516 g/mol. The third kappa shape index (κ3) is 4.05. The first-order valence-corrected chi connectivity index (χ1v) is 12.7. The van der Waals surface area contributed by atoms with Crippen molar-refractivity contribution in [3.8, 4) is 22.4 Å². The summed E-state index contributed by atoms with van der Waals surface area (Å²) < 4.78 is 26.3. The number of nitrogens with zero attached hydrogens (tertiary/aromatic N) is 3. The number of carbonyl (C=O) groups excluding carboxylic acids is 1. The van der Waals surface area contributed by atoms with Crippen molar-refractivity contribution in [3.63, 3.8) is 0 Å². The van der Waals surface area contributed by atoms with Crippen molar-refractivity contribution in [1.82, 2.24) is 19.9 Å². The number of hydrogen-bond donors (Lipinski definition) is 2. The first-order chi connectivity index (χ1) is 16.1. The van der Waals surface area contributed by atoms with Crippen LogP contribution in [0.2, 0.25) is 10.0 Å². The normalized spacial score (nSPS) is 14.8. The van der Waals surface area contributed by atoms with Crippen molar-refractivity contribution in [2.75, 3.05) is 0 Å². The van der Waals surface area contributed by atoms with E-state index in [9.17, 15) is 13.2 Å². The number of aromatic nitrogens is 3. The van der Waals surface area contributed by atoms with E-state index < -0.39 is 26.5 Å². The monoisotopic (exact) mass is 515 g/mol. The minimum Gasteiger partial charge on any atom is -0.347 e. The number of amides is 1. The number of rotatable bonds is 5. The number of benzene rings is 2. The van der Waals surface area contributed by atoms with Crippen LogP contribution in [-0.4, -0.2) is 34.5 Å². The highest BCUT2D eigenvalue weighted by Crippen LogP contribution is 2.38. The molecule has 2 aromatic heterocycles. The van der Waals surface area contributed by atoms with Gasteiger partial charge in [0.15, 0.2) is 5.65 Å². The van der Waals surface area contributed by atoms with Gasteiger partial charge in [-0.25, -0.2) is 23.1 Å². The Hall–Kier alpha value is -2.98. The number of carbonyl (C=O) groups is 1. The van der Waals surface area contributed by atoms with E-state index in [1.807, 2.05) is 19.1 Å². The first kappa shape index (κ1) is 22.8. The second kappa shape index (κ2) is 8.06. The van der Waals surface area contributed by atoms with Crippen LogP contribution in [-0.2, 0) is 10.0 Å². The Labute approximate surface area is 205 Å². The van der Waals surface area contributed by atoms with Crippen LogP contribution in [0.15, 0.2) is 59.8 Å². The minimum atomic E-state index is -4.35. The SMILES string of the molecule is CC1(NC(=O)c2c(S(N)(=O)=O)nn3c(-c4ccc(Cl)cc4)c(-c4ccccc4Cl)cnc23)CC1.